The van der Waals surface area contributed by atoms with Crippen LogP contribution in [0.3, 0.4) is 0 Å². The molecular formula is C19H23NSi. The summed E-state index contributed by atoms with van der Waals surface area (Å²) in [5, 5.41) is 10.6. The summed E-state index contributed by atoms with van der Waals surface area (Å²) < 4.78 is 0. The van der Waals surface area contributed by atoms with Gasteiger partial charge >= 0.3 is 0 Å². The number of aryl methyl sites for hydroxylation is 1. The Kier molecular flexibility index (Phi) is 4.98. The van der Waals surface area contributed by atoms with Crippen molar-refractivity contribution in [2.24, 2.45) is 0 Å². The Hall–Kier alpha value is -1.85. The van der Waals surface area contributed by atoms with Crippen molar-refractivity contribution in [2.75, 3.05) is 0 Å². The number of rotatable bonds is 5. The molecule has 0 saturated heterocycles. The van der Waals surface area contributed by atoms with Gasteiger partial charge in [0.25, 0.3) is 0 Å². The van der Waals surface area contributed by atoms with Crippen molar-refractivity contribution < 1.29 is 0 Å². The van der Waals surface area contributed by atoms with Crippen LogP contribution in [0.5, 0.6) is 0 Å². The van der Waals surface area contributed by atoms with Gasteiger partial charge in [-0.05, 0) is 30.5 Å². The highest BCUT2D eigenvalue weighted by Gasteiger charge is 2.22. The highest BCUT2D eigenvalue weighted by Crippen LogP contribution is 2.19. The molecule has 0 aliphatic rings. The second-order valence-corrected chi connectivity index (χ2v) is 11.2. The highest BCUT2D eigenvalue weighted by atomic mass is 28.3. The van der Waals surface area contributed by atoms with Crippen LogP contribution in [-0.4, -0.2) is 8.07 Å². The summed E-state index contributed by atoms with van der Waals surface area (Å²) in [5.41, 5.74) is 3.29. The zero-order chi connectivity index (χ0) is 15.3. The second-order valence-electron chi connectivity index (χ2n) is 6.30. The van der Waals surface area contributed by atoms with Crippen molar-refractivity contribution in [3.8, 4) is 6.07 Å². The lowest BCUT2D eigenvalue weighted by Gasteiger charge is -2.23. The quantitative estimate of drug-likeness (QED) is 0.749. The molecule has 0 atom stereocenters. The molecule has 0 N–H and O–H groups in total. The van der Waals surface area contributed by atoms with Crippen LogP contribution in [-0.2, 0) is 6.42 Å². The molecule has 0 aliphatic heterocycles. The number of nitriles is 1. The topological polar surface area (TPSA) is 23.8 Å². The van der Waals surface area contributed by atoms with E-state index >= 15 is 0 Å². The van der Waals surface area contributed by atoms with Crippen LogP contribution in [0.15, 0.2) is 48.5 Å². The lowest BCUT2D eigenvalue weighted by molar-refractivity contribution is 0.895. The van der Waals surface area contributed by atoms with Gasteiger partial charge in [-0.2, -0.15) is 5.26 Å². The van der Waals surface area contributed by atoms with E-state index in [4.69, 9.17) is 5.26 Å². The van der Waals surface area contributed by atoms with Crippen molar-refractivity contribution >= 4 is 13.3 Å². The molecule has 21 heavy (non-hydrogen) atoms. The summed E-state index contributed by atoms with van der Waals surface area (Å²) in [7, 11) is -1.34. The molecule has 0 spiro atoms. The summed E-state index contributed by atoms with van der Waals surface area (Å²) in [6.45, 7) is 6.95. The summed E-state index contributed by atoms with van der Waals surface area (Å²) in [5.74, 6) is 0. The van der Waals surface area contributed by atoms with E-state index < -0.39 is 8.07 Å². The van der Waals surface area contributed by atoms with Crippen molar-refractivity contribution in [1.29, 1.82) is 5.26 Å². The minimum atomic E-state index is -1.34. The third-order valence-electron chi connectivity index (χ3n) is 4.37. The van der Waals surface area contributed by atoms with Gasteiger partial charge in [0, 0.05) is 0 Å². The Labute approximate surface area is 129 Å². The lowest BCUT2D eigenvalue weighted by Crippen LogP contribution is -2.40. The molecule has 0 aliphatic carbocycles. The Morgan fingerprint density at radius 2 is 1.71 bits per heavy atom. The maximum Gasteiger partial charge on any atom is 0.0994 e. The van der Waals surface area contributed by atoms with Crippen LogP contribution in [0.2, 0.25) is 19.1 Å². The fraction of sp³-hybridized carbons (Fsp3) is 0.316. The van der Waals surface area contributed by atoms with E-state index in [9.17, 15) is 0 Å². The minimum absolute atomic E-state index is 0.812. The molecule has 0 saturated carbocycles. The van der Waals surface area contributed by atoms with Crippen LogP contribution in [0.1, 0.15) is 23.1 Å². The van der Waals surface area contributed by atoms with Crippen molar-refractivity contribution in [3.63, 3.8) is 0 Å². The van der Waals surface area contributed by atoms with Gasteiger partial charge in [-0.1, -0.05) is 73.2 Å². The molecular weight excluding hydrogens is 270 g/mol. The number of benzene rings is 2. The first-order valence-electron chi connectivity index (χ1n) is 7.59. The highest BCUT2D eigenvalue weighted by molar-refractivity contribution is 6.89. The smallest absolute Gasteiger partial charge is 0.0994 e. The van der Waals surface area contributed by atoms with Crippen molar-refractivity contribution in [2.45, 2.75) is 38.9 Å². The molecule has 0 radical (unpaired) electrons. The molecule has 0 aromatic heterocycles. The lowest BCUT2D eigenvalue weighted by atomic mass is 10.00. The maximum atomic E-state index is 9.10. The van der Waals surface area contributed by atoms with Gasteiger partial charge in [0.1, 0.15) is 0 Å². The molecule has 0 unspecified atom stereocenters. The zero-order valence-electron chi connectivity index (χ0n) is 13.2. The fourth-order valence-electron chi connectivity index (χ4n) is 2.83. The monoisotopic (exact) mass is 293 g/mol. The predicted octanol–water partition coefficient (Wildman–Crippen LogP) is 4.41. The van der Waals surface area contributed by atoms with Gasteiger partial charge in [-0.25, -0.2) is 0 Å². The SMILES string of the molecule is Cc1c(C#N)cccc1CCC[Si](C)(C)c1ccccc1. The number of nitrogens with zero attached hydrogens (tertiary/aromatic N) is 1. The van der Waals surface area contributed by atoms with Gasteiger partial charge in [-0.15, -0.1) is 0 Å². The first kappa shape index (κ1) is 15.5. The molecule has 2 aromatic carbocycles. The third kappa shape index (κ3) is 3.83. The van der Waals surface area contributed by atoms with E-state index in [-0.39, 0.29) is 0 Å². The van der Waals surface area contributed by atoms with Crippen LogP contribution in [0, 0.1) is 18.3 Å². The largest absolute Gasteiger partial charge is 0.192 e. The van der Waals surface area contributed by atoms with Gasteiger partial charge in [0.15, 0.2) is 0 Å². The predicted molar refractivity (Wildman–Crippen MR) is 92.6 cm³/mol. The molecule has 2 rings (SSSR count). The average Bonchev–Trinajstić information content (AvgIpc) is 2.50. The van der Waals surface area contributed by atoms with Crippen LogP contribution >= 0.6 is 0 Å². The minimum Gasteiger partial charge on any atom is -0.192 e. The Bertz CT molecular complexity index is 638. The standard InChI is InChI=1S/C19H23NSi/c1-16-17(9-7-10-18(16)15-20)11-8-14-21(2,3)19-12-5-4-6-13-19/h4-7,9-10,12-13H,8,11,14H2,1-3H3. The van der Waals surface area contributed by atoms with Crippen molar-refractivity contribution in [3.05, 3.63) is 65.2 Å². The van der Waals surface area contributed by atoms with Crippen molar-refractivity contribution in [1.82, 2.24) is 0 Å². The van der Waals surface area contributed by atoms with E-state index in [1.807, 2.05) is 12.1 Å². The molecule has 0 bridgehead atoms. The van der Waals surface area contributed by atoms with E-state index in [0.717, 1.165) is 17.5 Å². The Balaban J connectivity index is 2.01. The first-order valence-corrected chi connectivity index (χ1v) is 10.8. The van der Waals surface area contributed by atoms with Gasteiger partial charge in [0.05, 0.1) is 19.7 Å². The first-order chi connectivity index (χ1) is 10.0. The molecule has 108 valence electrons. The van der Waals surface area contributed by atoms with Crippen LogP contribution in [0.25, 0.3) is 0 Å². The average molecular weight is 293 g/mol. The van der Waals surface area contributed by atoms with E-state index in [0.29, 0.717) is 0 Å². The van der Waals surface area contributed by atoms with Gasteiger partial charge in [-0.3, -0.25) is 0 Å². The van der Waals surface area contributed by atoms with Gasteiger partial charge in [0.2, 0.25) is 0 Å². The summed E-state index contributed by atoms with van der Waals surface area (Å²) in [6.07, 6.45) is 2.27. The Morgan fingerprint density at radius 1 is 1.00 bits per heavy atom. The molecule has 1 nitrogen and oxygen atoms in total. The third-order valence-corrected chi connectivity index (χ3v) is 7.87. The summed E-state index contributed by atoms with van der Waals surface area (Å²) in [4.78, 5) is 0. The molecule has 0 heterocycles. The summed E-state index contributed by atoms with van der Waals surface area (Å²) in [6, 6.07) is 20.5. The maximum absolute atomic E-state index is 9.10. The normalized spacial score (nSPS) is 11.1. The van der Waals surface area contributed by atoms with E-state index in [1.165, 1.54) is 23.2 Å². The Morgan fingerprint density at radius 3 is 2.38 bits per heavy atom. The molecule has 0 fully saturated rings. The molecule has 2 heteroatoms. The number of hydrogen-bond donors (Lipinski definition) is 0. The van der Waals surface area contributed by atoms with Crippen LogP contribution < -0.4 is 5.19 Å². The van der Waals surface area contributed by atoms with Gasteiger partial charge < -0.3 is 0 Å². The summed E-state index contributed by atoms with van der Waals surface area (Å²) >= 11 is 0. The zero-order valence-corrected chi connectivity index (χ0v) is 14.2. The van der Waals surface area contributed by atoms with E-state index in [1.54, 1.807) is 0 Å². The van der Waals surface area contributed by atoms with Crippen LogP contribution in [0.4, 0.5) is 0 Å². The fourth-order valence-corrected chi connectivity index (χ4v) is 5.27. The molecule has 0 amide bonds. The second kappa shape index (κ2) is 6.73. The molecule has 2 aromatic rings. The number of hydrogen-bond acceptors (Lipinski definition) is 1. The van der Waals surface area contributed by atoms with E-state index in [2.05, 4.69) is 62.5 Å².